The second-order valence-corrected chi connectivity index (χ2v) is 3.79. The molecule has 0 atom stereocenters. The number of anilines is 2. The zero-order chi connectivity index (χ0) is 13.8. The molecule has 0 saturated heterocycles. The molecule has 9 heteroatoms. The van der Waals surface area contributed by atoms with Gasteiger partial charge >= 0.3 is 5.69 Å². The largest absolute Gasteiger partial charge is 0.472 e. The van der Waals surface area contributed by atoms with Crippen LogP contribution in [0.1, 0.15) is 5.56 Å². The third kappa shape index (κ3) is 2.77. The summed E-state index contributed by atoms with van der Waals surface area (Å²) in [6.07, 6.45) is 4.21. The third-order valence-electron chi connectivity index (χ3n) is 2.44. The second-order valence-electron chi connectivity index (χ2n) is 3.79. The first-order chi connectivity index (χ1) is 9.11. The number of hydrazine groups is 1. The van der Waals surface area contributed by atoms with Crippen molar-refractivity contribution in [3.63, 3.8) is 0 Å². The van der Waals surface area contributed by atoms with Gasteiger partial charge in [-0.05, 0) is 6.07 Å². The van der Waals surface area contributed by atoms with Crippen molar-refractivity contribution >= 4 is 17.5 Å². The van der Waals surface area contributed by atoms with Gasteiger partial charge in [0.1, 0.15) is 6.20 Å². The Hall–Kier alpha value is -2.68. The lowest BCUT2D eigenvalue weighted by atomic mass is 10.3. The van der Waals surface area contributed by atoms with E-state index < -0.39 is 4.92 Å². The highest BCUT2D eigenvalue weighted by Crippen LogP contribution is 2.26. The van der Waals surface area contributed by atoms with E-state index in [4.69, 9.17) is 10.3 Å². The molecule has 100 valence electrons. The summed E-state index contributed by atoms with van der Waals surface area (Å²) >= 11 is 0. The van der Waals surface area contributed by atoms with Gasteiger partial charge in [0.25, 0.3) is 0 Å². The Morgan fingerprint density at radius 1 is 1.63 bits per heavy atom. The van der Waals surface area contributed by atoms with E-state index in [2.05, 4.69) is 15.4 Å². The normalized spacial score (nSPS) is 10.2. The van der Waals surface area contributed by atoms with Crippen molar-refractivity contribution in [2.24, 2.45) is 5.84 Å². The van der Waals surface area contributed by atoms with Crippen LogP contribution in [0.5, 0.6) is 0 Å². The zero-order valence-electron chi connectivity index (χ0n) is 10.1. The highest BCUT2D eigenvalue weighted by atomic mass is 16.6. The Bertz CT molecular complexity index is 571. The van der Waals surface area contributed by atoms with E-state index in [9.17, 15) is 10.1 Å². The number of nitro groups is 1. The van der Waals surface area contributed by atoms with Gasteiger partial charge in [-0.25, -0.2) is 10.8 Å². The van der Waals surface area contributed by atoms with Gasteiger partial charge in [0, 0.05) is 19.2 Å². The van der Waals surface area contributed by atoms with Crippen LogP contribution in [0.4, 0.5) is 17.5 Å². The molecular weight excluding hydrogens is 252 g/mol. The Kier molecular flexibility index (Phi) is 3.57. The number of furan rings is 1. The van der Waals surface area contributed by atoms with E-state index in [1.54, 1.807) is 24.3 Å². The van der Waals surface area contributed by atoms with E-state index in [0.717, 1.165) is 11.8 Å². The van der Waals surface area contributed by atoms with Crippen molar-refractivity contribution in [3.8, 4) is 0 Å². The van der Waals surface area contributed by atoms with Gasteiger partial charge in [-0.2, -0.15) is 4.98 Å². The molecule has 2 aromatic heterocycles. The maximum absolute atomic E-state index is 11.0. The fourth-order valence-electron chi connectivity index (χ4n) is 1.58. The van der Waals surface area contributed by atoms with Crippen molar-refractivity contribution in [3.05, 3.63) is 40.5 Å². The number of nitrogens with one attached hydrogen (secondary N) is 1. The summed E-state index contributed by atoms with van der Waals surface area (Å²) in [5.74, 6) is 5.49. The van der Waals surface area contributed by atoms with E-state index >= 15 is 0 Å². The van der Waals surface area contributed by atoms with Crippen LogP contribution in [0.3, 0.4) is 0 Å². The summed E-state index contributed by atoms with van der Waals surface area (Å²) in [6, 6.07) is 1.77. The summed E-state index contributed by atoms with van der Waals surface area (Å²) in [5.41, 5.74) is 2.94. The first-order valence-corrected chi connectivity index (χ1v) is 5.32. The third-order valence-corrected chi connectivity index (χ3v) is 2.44. The molecule has 0 aliphatic carbocycles. The first-order valence-electron chi connectivity index (χ1n) is 5.32. The molecule has 9 nitrogen and oxygen atoms in total. The number of nitrogens with two attached hydrogens (primary N) is 1. The maximum atomic E-state index is 11.0. The van der Waals surface area contributed by atoms with E-state index in [0.29, 0.717) is 6.54 Å². The molecule has 2 rings (SSSR count). The van der Waals surface area contributed by atoms with Crippen LogP contribution >= 0.6 is 0 Å². The van der Waals surface area contributed by atoms with E-state index in [1.165, 1.54) is 6.26 Å². The molecule has 0 aliphatic rings. The minimum atomic E-state index is -0.540. The highest BCUT2D eigenvalue weighted by Gasteiger charge is 2.20. The molecular formula is C10H12N6O3. The highest BCUT2D eigenvalue weighted by molar-refractivity contribution is 5.58. The topological polar surface area (TPSA) is 123 Å². The SMILES string of the molecule is CN(Cc1ccoc1)c1nc(NN)ncc1[N+](=O)[O-]. The van der Waals surface area contributed by atoms with Gasteiger partial charge in [0.2, 0.25) is 11.8 Å². The predicted molar refractivity (Wildman–Crippen MR) is 67.3 cm³/mol. The number of nitrogen functional groups attached to an aromatic ring is 1. The summed E-state index contributed by atoms with van der Waals surface area (Å²) in [6.45, 7) is 0.415. The maximum Gasteiger partial charge on any atom is 0.329 e. The van der Waals surface area contributed by atoms with Crippen LogP contribution in [-0.4, -0.2) is 21.9 Å². The Labute approximate surface area is 108 Å². The lowest BCUT2D eigenvalue weighted by Crippen LogP contribution is -2.20. The molecule has 0 fully saturated rings. The first kappa shape index (κ1) is 12.8. The van der Waals surface area contributed by atoms with Gasteiger partial charge in [-0.3, -0.25) is 15.5 Å². The average molecular weight is 264 g/mol. The quantitative estimate of drug-likeness (QED) is 0.463. The van der Waals surface area contributed by atoms with Crippen molar-refractivity contribution < 1.29 is 9.34 Å². The molecule has 0 unspecified atom stereocenters. The van der Waals surface area contributed by atoms with Crippen molar-refractivity contribution in [1.82, 2.24) is 9.97 Å². The van der Waals surface area contributed by atoms with E-state index in [1.807, 2.05) is 0 Å². The number of nitrogens with zero attached hydrogens (tertiary/aromatic N) is 4. The molecule has 0 radical (unpaired) electrons. The van der Waals surface area contributed by atoms with Gasteiger partial charge < -0.3 is 9.32 Å². The molecule has 0 saturated carbocycles. The minimum absolute atomic E-state index is 0.111. The summed E-state index contributed by atoms with van der Waals surface area (Å²) in [5, 5.41) is 11.0. The molecule has 0 aromatic carbocycles. The van der Waals surface area contributed by atoms with Crippen molar-refractivity contribution in [1.29, 1.82) is 0 Å². The molecule has 19 heavy (non-hydrogen) atoms. The predicted octanol–water partition coefficient (Wildman–Crippen LogP) is 0.900. The molecule has 2 heterocycles. The summed E-state index contributed by atoms with van der Waals surface area (Å²) in [7, 11) is 1.68. The van der Waals surface area contributed by atoms with Crippen LogP contribution in [-0.2, 0) is 6.54 Å². The van der Waals surface area contributed by atoms with Gasteiger partial charge in [-0.1, -0.05) is 0 Å². The second kappa shape index (κ2) is 5.31. The Morgan fingerprint density at radius 3 is 3.00 bits per heavy atom. The summed E-state index contributed by atoms with van der Waals surface area (Å²) < 4.78 is 4.95. The molecule has 2 aromatic rings. The van der Waals surface area contributed by atoms with Crippen molar-refractivity contribution in [2.75, 3.05) is 17.4 Å². The monoisotopic (exact) mass is 264 g/mol. The Balaban J connectivity index is 2.32. The van der Waals surface area contributed by atoms with E-state index in [-0.39, 0.29) is 17.5 Å². The average Bonchev–Trinajstić information content (AvgIpc) is 2.90. The smallest absolute Gasteiger partial charge is 0.329 e. The number of rotatable bonds is 5. The standard InChI is InChI=1S/C10H12N6O3/c1-15(5-7-2-3-19-6-7)9-8(16(17)18)4-12-10(13-9)14-11/h2-4,6H,5,11H2,1H3,(H,12,13,14). The lowest BCUT2D eigenvalue weighted by Gasteiger charge is -2.17. The number of aromatic nitrogens is 2. The minimum Gasteiger partial charge on any atom is -0.472 e. The fraction of sp³-hybridized carbons (Fsp3) is 0.200. The van der Waals surface area contributed by atoms with Crippen LogP contribution < -0.4 is 16.2 Å². The summed E-state index contributed by atoms with van der Waals surface area (Å²) in [4.78, 5) is 19.8. The van der Waals surface area contributed by atoms with Crippen LogP contribution in [0, 0.1) is 10.1 Å². The zero-order valence-corrected chi connectivity index (χ0v) is 10.1. The lowest BCUT2D eigenvalue weighted by molar-refractivity contribution is -0.384. The molecule has 0 spiro atoms. The molecule has 0 aliphatic heterocycles. The van der Waals surface area contributed by atoms with Crippen molar-refractivity contribution in [2.45, 2.75) is 6.54 Å². The van der Waals surface area contributed by atoms with Crippen LogP contribution in [0.25, 0.3) is 0 Å². The Morgan fingerprint density at radius 2 is 2.42 bits per heavy atom. The van der Waals surface area contributed by atoms with Crippen LogP contribution in [0.2, 0.25) is 0 Å². The number of hydrogen-bond donors (Lipinski definition) is 2. The van der Waals surface area contributed by atoms with Crippen LogP contribution in [0.15, 0.2) is 29.2 Å². The van der Waals surface area contributed by atoms with Gasteiger partial charge in [-0.15, -0.1) is 0 Å². The molecule has 0 bridgehead atoms. The van der Waals surface area contributed by atoms with Gasteiger partial charge in [0.05, 0.1) is 17.4 Å². The fourth-order valence-corrected chi connectivity index (χ4v) is 1.58. The molecule has 0 amide bonds. The molecule has 3 N–H and O–H groups in total. The number of hydrogen-bond acceptors (Lipinski definition) is 8. The van der Waals surface area contributed by atoms with Gasteiger partial charge in [0.15, 0.2) is 0 Å².